The number of rotatable bonds is 2. The molecule has 4 nitrogen and oxygen atoms in total. The zero-order valence-electron chi connectivity index (χ0n) is 8.46. The molecule has 0 unspecified atom stereocenters. The minimum Gasteiger partial charge on any atom is -0.366 e. The molecule has 4 heteroatoms. The smallest absolute Gasteiger partial charge is 0.243 e. The Hall–Kier alpha value is -1.58. The Morgan fingerprint density at radius 1 is 1.23 bits per heavy atom. The standard InChI is InChI=1S/C4H7NO.C3H5NO.C2H6/c1-3(2)4(5)6;1-2-3(4)5;1-2/h1H2,2H3,(H2,5,6);2H,1H2,(H2,4,5);1-2H3. The van der Waals surface area contributed by atoms with Crippen LogP contribution in [0.2, 0.25) is 0 Å². The van der Waals surface area contributed by atoms with Crippen molar-refractivity contribution in [3.63, 3.8) is 0 Å². The summed E-state index contributed by atoms with van der Waals surface area (Å²) in [7, 11) is 0. The lowest BCUT2D eigenvalue weighted by Crippen LogP contribution is -2.10. The molecule has 2 amide bonds. The quantitative estimate of drug-likeness (QED) is 0.623. The number of hydrogen-bond donors (Lipinski definition) is 2. The van der Waals surface area contributed by atoms with Gasteiger partial charge in [0.15, 0.2) is 0 Å². The van der Waals surface area contributed by atoms with E-state index in [1.54, 1.807) is 6.92 Å². The van der Waals surface area contributed by atoms with Crippen molar-refractivity contribution in [2.24, 2.45) is 11.5 Å². The molecule has 0 radical (unpaired) electrons. The molecule has 0 atom stereocenters. The molecule has 0 aromatic carbocycles. The maximum atomic E-state index is 9.82. The highest BCUT2D eigenvalue weighted by molar-refractivity contribution is 5.90. The van der Waals surface area contributed by atoms with Crippen LogP contribution in [0.4, 0.5) is 0 Å². The van der Waals surface area contributed by atoms with Gasteiger partial charge in [0, 0.05) is 5.57 Å². The minimum absolute atomic E-state index is 0.398. The molecule has 0 aromatic rings. The Morgan fingerprint density at radius 3 is 1.38 bits per heavy atom. The number of nitrogens with two attached hydrogens (primary N) is 2. The van der Waals surface area contributed by atoms with Crippen molar-refractivity contribution >= 4 is 11.8 Å². The molecule has 0 spiro atoms. The molecule has 0 saturated carbocycles. The first-order valence-electron chi connectivity index (χ1n) is 3.79. The average molecular weight is 186 g/mol. The molecular formula is C9H18N2O2. The van der Waals surface area contributed by atoms with Gasteiger partial charge in [0.25, 0.3) is 0 Å². The summed E-state index contributed by atoms with van der Waals surface area (Å²) in [6, 6.07) is 0. The van der Waals surface area contributed by atoms with E-state index in [1.165, 1.54) is 0 Å². The first kappa shape index (κ1) is 17.5. The average Bonchev–Trinajstić information content (AvgIpc) is 2.09. The van der Waals surface area contributed by atoms with Crippen molar-refractivity contribution in [3.05, 3.63) is 24.8 Å². The van der Waals surface area contributed by atoms with E-state index in [-0.39, 0.29) is 0 Å². The molecule has 0 aliphatic rings. The zero-order valence-corrected chi connectivity index (χ0v) is 8.46. The fraction of sp³-hybridized carbons (Fsp3) is 0.333. The van der Waals surface area contributed by atoms with Gasteiger partial charge in [-0.15, -0.1) is 0 Å². The van der Waals surface area contributed by atoms with E-state index >= 15 is 0 Å². The van der Waals surface area contributed by atoms with E-state index in [0.29, 0.717) is 5.57 Å². The van der Waals surface area contributed by atoms with Gasteiger partial charge < -0.3 is 11.5 Å². The Balaban J connectivity index is -0.000000131. The van der Waals surface area contributed by atoms with Gasteiger partial charge in [-0.05, 0) is 13.0 Å². The molecule has 0 saturated heterocycles. The number of carbonyl (C=O) groups is 2. The lowest BCUT2D eigenvalue weighted by atomic mass is 10.3. The third-order valence-corrected chi connectivity index (χ3v) is 0.622. The Labute approximate surface area is 79.3 Å². The molecule has 0 aromatic heterocycles. The summed E-state index contributed by atoms with van der Waals surface area (Å²) in [4.78, 5) is 19.3. The monoisotopic (exact) mass is 186 g/mol. The van der Waals surface area contributed by atoms with E-state index in [9.17, 15) is 9.59 Å². The maximum absolute atomic E-state index is 9.82. The van der Waals surface area contributed by atoms with Crippen LogP contribution in [0.25, 0.3) is 0 Å². The number of amides is 2. The van der Waals surface area contributed by atoms with Crippen LogP contribution in [-0.2, 0) is 9.59 Å². The molecule has 0 fully saturated rings. The van der Waals surface area contributed by atoms with Gasteiger partial charge >= 0.3 is 0 Å². The topological polar surface area (TPSA) is 86.2 Å². The number of carbonyl (C=O) groups excluding carboxylic acids is 2. The predicted octanol–water partition coefficient (Wildman–Crippen LogP) is 0.732. The van der Waals surface area contributed by atoms with Crippen molar-refractivity contribution in [1.82, 2.24) is 0 Å². The van der Waals surface area contributed by atoms with Crippen LogP contribution in [0.5, 0.6) is 0 Å². The molecule has 0 aliphatic heterocycles. The molecular weight excluding hydrogens is 168 g/mol. The molecule has 0 aliphatic carbocycles. The van der Waals surface area contributed by atoms with Crippen LogP contribution < -0.4 is 11.5 Å². The van der Waals surface area contributed by atoms with E-state index in [4.69, 9.17) is 5.73 Å². The molecule has 13 heavy (non-hydrogen) atoms. The minimum atomic E-state index is -0.481. The summed E-state index contributed by atoms with van der Waals surface area (Å²) in [5.74, 6) is -0.917. The van der Waals surface area contributed by atoms with Gasteiger partial charge in [-0.1, -0.05) is 27.0 Å². The second-order valence-corrected chi connectivity index (χ2v) is 1.75. The van der Waals surface area contributed by atoms with E-state index in [2.05, 4.69) is 18.9 Å². The Bertz CT molecular complexity index is 174. The van der Waals surface area contributed by atoms with Crippen molar-refractivity contribution in [2.75, 3.05) is 0 Å². The zero-order chi connectivity index (χ0) is 11.4. The number of hydrogen-bond acceptors (Lipinski definition) is 2. The van der Waals surface area contributed by atoms with Crippen molar-refractivity contribution in [3.8, 4) is 0 Å². The first-order valence-corrected chi connectivity index (χ1v) is 3.79. The van der Waals surface area contributed by atoms with Crippen molar-refractivity contribution < 1.29 is 9.59 Å². The van der Waals surface area contributed by atoms with Gasteiger partial charge in [0.2, 0.25) is 11.8 Å². The van der Waals surface area contributed by atoms with E-state index < -0.39 is 11.8 Å². The second kappa shape index (κ2) is 13.0. The normalized spacial score (nSPS) is 6.38. The third kappa shape index (κ3) is 37.8. The SMILES string of the molecule is C=C(C)C(N)=O.C=CC(N)=O.CC. The summed E-state index contributed by atoms with van der Waals surface area (Å²) in [5.41, 5.74) is 9.63. The maximum Gasteiger partial charge on any atom is 0.243 e. The van der Waals surface area contributed by atoms with Crippen molar-refractivity contribution in [1.29, 1.82) is 0 Å². The molecule has 76 valence electrons. The summed E-state index contributed by atoms with van der Waals surface area (Å²) >= 11 is 0. The highest BCUT2D eigenvalue weighted by Crippen LogP contribution is 1.78. The third-order valence-electron chi connectivity index (χ3n) is 0.622. The fourth-order valence-electron chi connectivity index (χ4n) is 0. The second-order valence-electron chi connectivity index (χ2n) is 1.75. The predicted molar refractivity (Wildman–Crippen MR) is 54.7 cm³/mol. The van der Waals surface area contributed by atoms with Gasteiger partial charge in [-0.3, -0.25) is 9.59 Å². The summed E-state index contributed by atoms with van der Waals surface area (Å²) in [5, 5.41) is 0. The van der Waals surface area contributed by atoms with Crippen LogP contribution in [0, 0.1) is 0 Å². The lowest BCUT2D eigenvalue weighted by Gasteiger charge is -1.81. The van der Waals surface area contributed by atoms with Gasteiger partial charge in [0.05, 0.1) is 0 Å². The number of primary amides is 2. The van der Waals surface area contributed by atoms with Crippen LogP contribution in [0.15, 0.2) is 24.8 Å². The fourth-order valence-corrected chi connectivity index (χ4v) is 0. The van der Waals surface area contributed by atoms with Crippen LogP contribution >= 0.6 is 0 Å². The molecule has 0 rings (SSSR count). The summed E-state index contributed by atoms with van der Waals surface area (Å²) in [6.07, 6.45) is 1.06. The molecule has 4 N–H and O–H groups in total. The molecule has 0 bridgehead atoms. The van der Waals surface area contributed by atoms with Crippen molar-refractivity contribution in [2.45, 2.75) is 20.8 Å². The highest BCUT2D eigenvalue weighted by atomic mass is 16.1. The molecule has 0 heterocycles. The van der Waals surface area contributed by atoms with Crippen LogP contribution in [0.1, 0.15) is 20.8 Å². The van der Waals surface area contributed by atoms with Gasteiger partial charge in [-0.25, -0.2) is 0 Å². The Morgan fingerprint density at radius 2 is 1.38 bits per heavy atom. The van der Waals surface area contributed by atoms with Gasteiger partial charge in [0.1, 0.15) is 0 Å². The van der Waals surface area contributed by atoms with Gasteiger partial charge in [-0.2, -0.15) is 0 Å². The summed E-state index contributed by atoms with van der Waals surface area (Å²) in [6.45, 7) is 11.9. The van der Waals surface area contributed by atoms with Crippen LogP contribution in [0.3, 0.4) is 0 Å². The summed E-state index contributed by atoms with van der Waals surface area (Å²) < 4.78 is 0. The van der Waals surface area contributed by atoms with E-state index in [0.717, 1.165) is 6.08 Å². The van der Waals surface area contributed by atoms with E-state index in [1.807, 2.05) is 13.8 Å². The van der Waals surface area contributed by atoms with Crippen LogP contribution in [-0.4, -0.2) is 11.8 Å². The lowest BCUT2D eigenvalue weighted by molar-refractivity contribution is -0.115. The highest BCUT2D eigenvalue weighted by Gasteiger charge is 1.86. The largest absolute Gasteiger partial charge is 0.366 e. The Kier molecular flexibility index (Phi) is 17.5. The first-order chi connectivity index (χ1) is 5.91.